The first kappa shape index (κ1) is 24.9. The SMILES string of the molecule is CN=C(NCCCNS(C)(=O)=O)NC(C)c1ccc(OCC2CC2)c(F)c1.I. The molecule has 1 unspecified atom stereocenters. The molecule has 0 amide bonds. The van der Waals surface area contributed by atoms with Crippen molar-refractivity contribution in [2.75, 3.05) is 33.0 Å². The molecule has 0 spiro atoms. The molecular weight excluding hydrogens is 498 g/mol. The van der Waals surface area contributed by atoms with E-state index in [1.165, 1.54) is 6.07 Å². The summed E-state index contributed by atoms with van der Waals surface area (Å²) in [6.45, 7) is 3.40. The Morgan fingerprint density at radius 1 is 1.36 bits per heavy atom. The third-order valence-corrected chi connectivity index (χ3v) is 4.94. The van der Waals surface area contributed by atoms with Crippen LogP contribution in [0.15, 0.2) is 23.2 Å². The van der Waals surface area contributed by atoms with Gasteiger partial charge in [0.2, 0.25) is 10.0 Å². The summed E-state index contributed by atoms with van der Waals surface area (Å²) < 4.78 is 44.2. The highest BCUT2D eigenvalue weighted by molar-refractivity contribution is 14.0. The molecular formula is C18H30FIN4O3S. The number of benzene rings is 1. The molecule has 1 fully saturated rings. The number of ether oxygens (including phenoxy) is 1. The van der Waals surface area contributed by atoms with Crippen molar-refractivity contribution in [2.24, 2.45) is 10.9 Å². The zero-order valence-electron chi connectivity index (χ0n) is 16.5. The van der Waals surface area contributed by atoms with Crippen molar-refractivity contribution in [3.63, 3.8) is 0 Å². The predicted octanol–water partition coefficient (Wildman–Crippen LogP) is 2.40. The number of hydrogen-bond donors (Lipinski definition) is 3. The van der Waals surface area contributed by atoms with Crippen molar-refractivity contribution in [3.05, 3.63) is 29.6 Å². The molecule has 1 aromatic rings. The quantitative estimate of drug-likeness (QED) is 0.188. The van der Waals surface area contributed by atoms with Crippen molar-refractivity contribution in [2.45, 2.75) is 32.2 Å². The maximum Gasteiger partial charge on any atom is 0.208 e. The molecule has 0 heterocycles. The highest BCUT2D eigenvalue weighted by atomic mass is 127. The second-order valence-electron chi connectivity index (χ2n) is 6.83. The third-order valence-electron chi connectivity index (χ3n) is 4.21. The second-order valence-corrected chi connectivity index (χ2v) is 8.66. The normalized spacial score (nSPS) is 15.5. The van der Waals surface area contributed by atoms with Crippen LogP contribution in [0, 0.1) is 11.7 Å². The van der Waals surface area contributed by atoms with Gasteiger partial charge in [0.05, 0.1) is 18.9 Å². The van der Waals surface area contributed by atoms with Gasteiger partial charge in [-0.15, -0.1) is 24.0 Å². The van der Waals surface area contributed by atoms with Gasteiger partial charge in [-0.25, -0.2) is 17.5 Å². The highest BCUT2D eigenvalue weighted by Crippen LogP contribution is 2.30. The molecule has 10 heteroatoms. The number of nitrogens with zero attached hydrogens (tertiary/aromatic N) is 1. The van der Waals surface area contributed by atoms with Gasteiger partial charge in [0.25, 0.3) is 0 Å². The van der Waals surface area contributed by atoms with Crippen LogP contribution in [0.5, 0.6) is 5.75 Å². The zero-order valence-corrected chi connectivity index (χ0v) is 19.6. The summed E-state index contributed by atoms with van der Waals surface area (Å²) in [5.41, 5.74) is 0.785. The van der Waals surface area contributed by atoms with E-state index in [9.17, 15) is 12.8 Å². The maximum atomic E-state index is 14.2. The lowest BCUT2D eigenvalue weighted by atomic mass is 10.1. The number of aliphatic imine (C=N–C) groups is 1. The number of rotatable bonds is 10. The standard InChI is InChI=1S/C18H29FN4O3S.HI/c1-13(23-18(20-2)21-9-4-10-22-27(3,24)25)15-7-8-17(16(19)11-15)26-12-14-5-6-14;/h7-8,11,13-14,22H,4-6,9-10,12H2,1-3H3,(H2,20,21,23);1H. The van der Waals surface area contributed by atoms with Crippen LogP contribution in [0.2, 0.25) is 0 Å². The molecule has 0 bridgehead atoms. The number of nitrogens with one attached hydrogen (secondary N) is 3. The Bertz CT molecular complexity index is 757. The van der Waals surface area contributed by atoms with Crippen molar-refractivity contribution in [3.8, 4) is 5.75 Å². The van der Waals surface area contributed by atoms with Gasteiger partial charge in [-0.05, 0) is 49.8 Å². The summed E-state index contributed by atoms with van der Waals surface area (Å²) in [6.07, 6.45) is 4.07. The van der Waals surface area contributed by atoms with E-state index in [2.05, 4.69) is 20.3 Å². The first-order valence-electron chi connectivity index (χ1n) is 9.12. The van der Waals surface area contributed by atoms with E-state index in [-0.39, 0.29) is 35.8 Å². The lowest BCUT2D eigenvalue weighted by molar-refractivity contribution is 0.285. The molecule has 0 saturated heterocycles. The van der Waals surface area contributed by atoms with Crippen LogP contribution in [0.1, 0.15) is 37.8 Å². The number of halogens is 2. The maximum absolute atomic E-state index is 14.2. The third kappa shape index (κ3) is 9.37. The topological polar surface area (TPSA) is 91.8 Å². The van der Waals surface area contributed by atoms with E-state index in [0.717, 1.165) is 24.7 Å². The van der Waals surface area contributed by atoms with E-state index >= 15 is 0 Å². The Morgan fingerprint density at radius 2 is 2.07 bits per heavy atom. The molecule has 1 aromatic carbocycles. The predicted molar refractivity (Wildman–Crippen MR) is 120 cm³/mol. The summed E-state index contributed by atoms with van der Waals surface area (Å²) in [4.78, 5) is 4.13. The molecule has 7 nitrogen and oxygen atoms in total. The number of guanidine groups is 1. The zero-order chi connectivity index (χ0) is 19.9. The number of hydrogen-bond acceptors (Lipinski definition) is 4. The summed E-state index contributed by atoms with van der Waals surface area (Å²) >= 11 is 0. The Hall–Kier alpha value is -1.14. The minimum absolute atomic E-state index is 0. The van der Waals surface area contributed by atoms with Crippen LogP contribution >= 0.6 is 24.0 Å². The van der Waals surface area contributed by atoms with Crippen molar-refractivity contribution in [1.82, 2.24) is 15.4 Å². The van der Waals surface area contributed by atoms with Crippen LogP contribution in [-0.2, 0) is 10.0 Å². The fourth-order valence-corrected chi connectivity index (χ4v) is 2.95. The first-order valence-corrected chi connectivity index (χ1v) is 11.0. The fraction of sp³-hybridized carbons (Fsp3) is 0.611. The summed E-state index contributed by atoms with van der Waals surface area (Å²) in [6, 6.07) is 4.82. The monoisotopic (exact) mass is 528 g/mol. The second kappa shape index (κ2) is 11.8. The number of sulfonamides is 1. The summed E-state index contributed by atoms with van der Waals surface area (Å²) in [5, 5.41) is 6.30. The van der Waals surface area contributed by atoms with Gasteiger partial charge in [0, 0.05) is 20.1 Å². The molecule has 0 radical (unpaired) electrons. The van der Waals surface area contributed by atoms with E-state index in [0.29, 0.717) is 43.7 Å². The van der Waals surface area contributed by atoms with Crippen LogP contribution in [0.3, 0.4) is 0 Å². The molecule has 1 atom stereocenters. The largest absolute Gasteiger partial charge is 0.490 e. The van der Waals surface area contributed by atoms with Gasteiger partial charge >= 0.3 is 0 Å². The fourth-order valence-electron chi connectivity index (χ4n) is 2.43. The molecule has 0 aliphatic heterocycles. The smallest absolute Gasteiger partial charge is 0.208 e. The van der Waals surface area contributed by atoms with Gasteiger partial charge in [-0.3, -0.25) is 4.99 Å². The van der Waals surface area contributed by atoms with E-state index in [4.69, 9.17) is 4.74 Å². The van der Waals surface area contributed by atoms with Gasteiger partial charge < -0.3 is 15.4 Å². The van der Waals surface area contributed by atoms with E-state index in [1.807, 2.05) is 13.0 Å². The molecule has 1 saturated carbocycles. The summed E-state index contributed by atoms with van der Waals surface area (Å²) in [5.74, 6) is 1.07. The first-order chi connectivity index (χ1) is 12.8. The lowest BCUT2D eigenvalue weighted by Crippen LogP contribution is -2.40. The highest BCUT2D eigenvalue weighted by Gasteiger charge is 2.22. The van der Waals surface area contributed by atoms with Crippen molar-refractivity contribution in [1.29, 1.82) is 0 Å². The summed E-state index contributed by atoms with van der Waals surface area (Å²) in [7, 11) is -1.52. The Balaban J connectivity index is 0.00000392. The molecule has 3 N–H and O–H groups in total. The van der Waals surface area contributed by atoms with E-state index in [1.54, 1.807) is 13.1 Å². The molecule has 1 aliphatic carbocycles. The average molecular weight is 528 g/mol. The molecule has 0 aromatic heterocycles. The molecule has 28 heavy (non-hydrogen) atoms. The van der Waals surface area contributed by atoms with E-state index < -0.39 is 10.0 Å². The van der Waals surface area contributed by atoms with Crippen LogP contribution < -0.4 is 20.1 Å². The minimum atomic E-state index is -3.17. The average Bonchev–Trinajstić information content (AvgIpc) is 3.42. The Morgan fingerprint density at radius 3 is 2.64 bits per heavy atom. The molecule has 160 valence electrons. The Labute approximate surface area is 184 Å². The van der Waals surface area contributed by atoms with Crippen LogP contribution in [-0.4, -0.2) is 47.4 Å². The van der Waals surface area contributed by atoms with Gasteiger partial charge in [-0.1, -0.05) is 6.07 Å². The van der Waals surface area contributed by atoms with Crippen molar-refractivity contribution < 1.29 is 17.5 Å². The van der Waals surface area contributed by atoms with Crippen molar-refractivity contribution >= 4 is 40.0 Å². The molecule has 2 rings (SSSR count). The molecule has 1 aliphatic rings. The van der Waals surface area contributed by atoms with Crippen LogP contribution in [0.4, 0.5) is 4.39 Å². The van der Waals surface area contributed by atoms with Gasteiger partial charge in [0.1, 0.15) is 0 Å². The van der Waals surface area contributed by atoms with Crippen LogP contribution in [0.25, 0.3) is 0 Å². The van der Waals surface area contributed by atoms with Gasteiger partial charge in [-0.2, -0.15) is 0 Å². The Kier molecular flexibility index (Phi) is 10.5. The lowest BCUT2D eigenvalue weighted by Gasteiger charge is -2.19. The van der Waals surface area contributed by atoms with Gasteiger partial charge in [0.15, 0.2) is 17.5 Å². The minimum Gasteiger partial charge on any atom is -0.490 e.